The number of thiazole rings is 1. The lowest BCUT2D eigenvalue weighted by Gasteiger charge is -2.32. The Hall–Kier alpha value is -2.81. The molecule has 0 atom stereocenters. The second-order valence-corrected chi connectivity index (χ2v) is 9.41. The molecule has 2 saturated heterocycles. The van der Waals surface area contributed by atoms with Crippen LogP contribution in [-0.2, 0) is 11.3 Å². The standard InChI is InChI=1S/C25H29N5O2S/c31-24(27-21-7-10-29(11-8-21)17-19-4-2-1-3-5-19)22-18-33-25(28-22)20-6-9-26-23(16-20)30-12-14-32-15-13-30/h1-6,9,16,18,21H,7-8,10-15,17H2,(H,27,31). The van der Waals surface area contributed by atoms with E-state index in [4.69, 9.17) is 4.74 Å². The van der Waals surface area contributed by atoms with E-state index in [1.807, 2.05) is 29.8 Å². The molecule has 0 spiro atoms. The number of aromatic nitrogens is 2. The lowest BCUT2D eigenvalue weighted by molar-refractivity contribution is 0.0904. The van der Waals surface area contributed by atoms with E-state index < -0.39 is 0 Å². The van der Waals surface area contributed by atoms with Gasteiger partial charge in [-0.15, -0.1) is 11.3 Å². The van der Waals surface area contributed by atoms with Crippen molar-refractivity contribution in [2.24, 2.45) is 0 Å². The molecule has 2 aliphatic heterocycles. The van der Waals surface area contributed by atoms with Crippen LogP contribution in [0, 0.1) is 0 Å². The lowest BCUT2D eigenvalue weighted by atomic mass is 10.0. The van der Waals surface area contributed by atoms with Gasteiger partial charge in [-0.3, -0.25) is 9.69 Å². The first-order valence-electron chi connectivity index (χ1n) is 11.6. The van der Waals surface area contributed by atoms with Crippen LogP contribution in [0.15, 0.2) is 54.0 Å². The molecule has 7 nitrogen and oxygen atoms in total. The third kappa shape index (κ3) is 5.58. The maximum absolute atomic E-state index is 12.8. The van der Waals surface area contributed by atoms with Gasteiger partial charge in [0.2, 0.25) is 0 Å². The highest BCUT2D eigenvalue weighted by Gasteiger charge is 2.22. The van der Waals surface area contributed by atoms with Crippen LogP contribution in [0.3, 0.4) is 0 Å². The van der Waals surface area contributed by atoms with Crippen LogP contribution in [0.5, 0.6) is 0 Å². The molecule has 2 aromatic heterocycles. The molecule has 2 fully saturated rings. The fourth-order valence-electron chi connectivity index (χ4n) is 4.36. The summed E-state index contributed by atoms with van der Waals surface area (Å²) in [5.74, 6) is 0.848. The number of nitrogens with one attached hydrogen (secondary N) is 1. The van der Waals surface area contributed by atoms with Gasteiger partial charge in [0, 0.05) is 55.9 Å². The van der Waals surface area contributed by atoms with Crippen LogP contribution in [-0.4, -0.2) is 66.2 Å². The second kappa shape index (κ2) is 10.4. The minimum absolute atomic E-state index is 0.0820. The number of likely N-dealkylation sites (tertiary alicyclic amines) is 1. The zero-order valence-electron chi connectivity index (χ0n) is 18.7. The van der Waals surface area contributed by atoms with E-state index in [9.17, 15) is 4.79 Å². The monoisotopic (exact) mass is 463 g/mol. The number of anilines is 1. The zero-order chi connectivity index (χ0) is 22.5. The first-order chi connectivity index (χ1) is 16.2. The van der Waals surface area contributed by atoms with E-state index >= 15 is 0 Å². The molecule has 2 aliphatic rings. The molecule has 1 amide bonds. The predicted octanol–water partition coefficient (Wildman–Crippen LogP) is 3.44. The molecule has 0 aliphatic carbocycles. The molecule has 5 rings (SSSR count). The first kappa shape index (κ1) is 22.0. The number of ether oxygens (including phenoxy) is 1. The van der Waals surface area contributed by atoms with E-state index in [1.54, 1.807) is 0 Å². The Bertz CT molecular complexity index is 1060. The molecule has 3 aromatic rings. The van der Waals surface area contributed by atoms with Crippen LogP contribution in [0.2, 0.25) is 0 Å². The first-order valence-corrected chi connectivity index (χ1v) is 12.4. The summed E-state index contributed by atoms with van der Waals surface area (Å²) >= 11 is 1.50. The summed E-state index contributed by atoms with van der Waals surface area (Å²) in [6.45, 7) is 6.07. The summed E-state index contributed by atoms with van der Waals surface area (Å²) in [7, 11) is 0. The Kier molecular flexibility index (Phi) is 6.95. The number of pyridine rings is 1. The summed E-state index contributed by atoms with van der Waals surface area (Å²) in [6.07, 6.45) is 3.73. The summed E-state index contributed by atoms with van der Waals surface area (Å²) < 4.78 is 5.43. The molecule has 1 N–H and O–H groups in total. The van der Waals surface area contributed by atoms with Gasteiger partial charge < -0.3 is 15.0 Å². The quantitative estimate of drug-likeness (QED) is 0.604. The van der Waals surface area contributed by atoms with E-state index in [2.05, 4.69) is 49.4 Å². The highest BCUT2D eigenvalue weighted by molar-refractivity contribution is 7.13. The van der Waals surface area contributed by atoms with Gasteiger partial charge >= 0.3 is 0 Å². The molecule has 0 radical (unpaired) electrons. The molecule has 0 unspecified atom stereocenters. The molecule has 1 aromatic carbocycles. The molecule has 4 heterocycles. The molecule has 172 valence electrons. The minimum atomic E-state index is -0.0820. The lowest BCUT2D eigenvalue weighted by Crippen LogP contribution is -2.44. The number of carbonyl (C=O) groups excluding carboxylic acids is 1. The number of nitrogens with zero attached hydrogens (tertiary/aromatic N) is 4. The van der Waals surface area contributed by atoms with E-state index in [0.29, 0.717) is 5.69 Å². The average molecular weight is 464 g/mol. The fraction of sp³-hybridized carbons (Fsp3) is 0.400. The fourth-order valence-corrected chi connectivity index (χ4v) is 5.16. The van der Waals surface area contributed by atoms with Crippen molar-refractivity contribution in [3.63, 3.8) is 0 Å². The van der Waals surface area contributed by atoms with Crippen molar-refractivity contribution in [3.05, 3.63) is 65.3 Å². The number of amides is 1. The van der Waals surface area contributed by atoms with Crippen LogP contribution in [0.4, 0.5) is 5.82 Å². The highest BCUT2D eigenvalue weighted by atomic mass is 32.1. The van der Waals surface area contributed by atoms with Crippen molar-refractivity contribution in [2.75, 3.05) is 44.3 Å². The van der Waals surface area contributed by atoms with Gasteiger partial charge in [-0.2, -0.15) is 0 Å². The van der Waals surface area contributed by atoms with Crippen molar-refractivity contribution in [1.29, 1.82) is 0 Å². The predicted molar refractivity (Wildman–Crippen MR) is 131 cm³/mol. The average Bonchev–Trinajstić information content (AvgIpc) is 3.37. The topological polar surface area (TPSA) is 70.6 Å². The zero-order valence-corrected chi connectivity index (χ0v) is 19.5. The maximum Gasteiger partial charge on any atom is 0.270 e. The highest BCUT2D eigenvalue weighted by Crippen LogP contribution is 2.27. The summed E-state index contributed by atoms with van der Waals surface area (Å²) in [4.78, 5) is 26.6. The number of rotatable bonds is 6. The molecule has 8 heteroatoms. The van der Waals surface area contributed by atoms with Crippen LogP contribution >= 0.6 is 11.3 Å². The van der Waals surface area contributed by atoms with E-state index in [-0.39, 0.29) is 11.9 Å². The van der Waals surface area contributed by atoms with Crippen molar-refractivity contribution in [3.8, 4) is 10.6 Å². The number of morpholine rings is 1. The smallest absolute Gasteiger partial charge is 0.270 e. The van der Waals surface area contributed by atoms with Crippen molar-refractivity contribution >= 4 is 23.1 Å². The number of benzene rings is 1. The van der Waals surface area contributed by atoms with E-state index in [0.717, 1.165) is 75.2 Å². The van der Waals surface area contributed by atoms with Gasteiger partial charge in [-0.05, 0) is 30.5 Å². The van der Waals surface area contributed by atoms with Crippen LogP contribution in [0.1, 0.15) is 28.9 Å². The van der Waals surface area contributed by atoms with Crippen molar-refractivity contribution in [1.82, 2.24) is 20.2 Å². The van der Waals surface area contributed by atoms with Gasteiger partial charge in [-0.1, -0.05) is 30.3 Å². The molecule has 0 bridgehead atoms. The maximum atomic E-state index is 12.8. The summed E-state index contributed by atoms with van der Waals surface area (Å²) in [5.41, 5.74) is 2.82. The van der Waals surface area contributed by atoms with Gasteiger partial charge in [0.1, 0.15) is 16.5 Å². The normalized spacial score (nSPS) is 17.8. The number of piperidine rings is 1. The van der Waals surface area contributed by atoms with Crippen LogP contribution < -0.4 is 10.2 Å². The molecule has 33 heavy (non-hydrogen) atoms. The van der Waals surface area contributed by atoms with Crippen molar-refractivity contribution < 1.29 is 9.53 Å². The molecular weight excluding hydrogens is 434 g/mol. The summed E-state index contributed by atoms with van der Waals surface area (Å²) in [5, 5.41) is 5.89. The Balaban J connectivity index is 1.16. The number of carbonyl (C=O) groups is 1. The van der Waals surface area contributed by atoms with Gasteiger partial charge in [0.25, 0.3) is 5.91 Å². The number of hydrogen-bond acceptors (Lipinski definition) is 7. The molecular formula is C25H29N5O2S. The van der Waals surface area contributed by atoms with Gasteiger partial charge in [0.05, 0.1) is 13.2 Å². The SMILES string of the molecule is O=C(NC1CCN(Cc2ccccc2)CC1)c1csc(-c2ccnc(N3CCOCC3)c2)n1. The number of hydrogen-bond donors (Lipinski definition) is 1. The van der Waals surface area contributed by atoms with Crippen LogP contribution in [0.25, 0.3) is 10.6 Å². The second-order valence-electron chi connectivity index (χ2n) is 8.55. The molecule has 0 saturated carbocycles. The van der Waals surface area contributed by atoms with E-state index in [1.165, 1.54) is 16.9 Å². The van der Waals surface area contributed by atoms with Gasteiger partial charge in [0.15, 0.2) is 0 Å². The Morgan fingerprint density at radius 3 is 2.67 bits per heavy atom. The Morgan fingerprint density at radius 2 is 1.88 bits per heavy atom. The Morgan fingerprint density at radius 1 is 1.09 bits per heavy atom. The van der Waals surface area contributed by atoms with Gasteiger partial charge in [-0.25, -0.2) is 9.97 Å². The van der Waals surface area contributed by atoms with Crippen molar-refractivity contribution in [2.45, 2.75) is 25.4 Å². The summed E-state index contributed by atoms with van der Waals surface area (Å²) in [6, 6.07) is 14.7. The Labute approximate surface area is 198 Å². The third-order valence-electron chi connectivity index (χ3n) is 6.24. The largest absolute Gasteiger partial charge is 0.378 e. The minimum Gasteiger partial charge on any atom is -0.378 e. The third-order valence-corrected chi connectivity index (χ3v) is 7.13.